The number of nitrogen functional groups attached to an aromatic ring is 1. The van der Waals surface area contributed by atoms with Gasteiger partial charge in [-0.2, -0.15) is 4.98 Å². The molecule has 4 N–H and O–H groups in total. The summed E-state index contributed by atoms with van der Waals surface area (Å²) in [6, 6.07) is 0.243. The van der Waals surface area contributed by atoms with Crippen LogP contribution >= 0.6 is 0 Å². The van der Waals surface area contributed by atoms with E-state index < -0.39 is 5.97 Å². The highest BCUT2D eigenvalue weighted by atomic mass is 16.5. The van der Waals surface area contributed by atoms with Crippen molar-refractivity contribution in [2.45, 2.75) is 51.7 Å². The number of anilines is 2. The van der Waals surface area contributed by atoms with Crippen LogP contribution < -0.4 is 11.1 Å². The zero-order valence-corrected chi connectivity index (χ0v) is 15.4. The molecule has 1 aliphatic rings. The van der Waals surface area contributed by atoms with Crippen LogP contribution in [-0.4, -0.2) is 53.0 Å². The average molecular weight is 364 g/mol. The summed E-state index contributed by atoms with van der Waals surface area (Å²) in [6.45, 7) is 4.35. The number of carbonyl (C=O) groups excluding carboxylic acids is 1. The second kappa shape index (κ2) is 10.1. The van der Waals surface area contributed by atoms with Crippen molar-refractivity contribution in [3.8, 4) is 0 Å². The van der Waals surface area contributed by atoms with E-state index in [1.165, 1.54) is 6.08 Å². The SMILES string of the molecule is CCOC(=O)/C=C/c1c(C)nc(N)nc1N[C@H]1CC[C@H](OCCO)CC1. The van der Waals surface area contributed by atoms with Gasteiger partial charge in [0.1, 0.15) is 5.82 Å². The Morgan fingerprint density at radius 3 is 2.73 bits per heavy atom. The Labute approximate surface area is 153 Å². The van der Waals surface area contributed by atoms with Crippen molar-refractivity contribution in [3.05, 3.63) is 17.3 Å². The van der Waals surface area contributed by atoms with E-state index in [1.54, 1.807) is 13.0 Å². The lowest BCUT2D eigenvalue weighted by Gasteiger charge is -2.29. The Bertz CT molecular complexity index is 628. The molecule has 1 aromatic rings. The van der Waals surface area contributed by atoms with E-state index in [4.69, 9.17) is 20.3 Å². The van der Waals surface area contributed by atoms with E-state index in [1.807, 2.05) is 6.92 Å². The van der Waals surface area contributed by atoms with Gasteiger partial charge in [0.05, 0.1) is 31.6 Å². The summed E-state index contributed by atoms with van der Waals surface area (Å²) in [5.74, 6) is 0.407. The first-order valence-corrected chi connectivity index (χ1v) is 9.01. The van der Waals surface area contributed by atoms with Crippen LogP contribution in [0, 0.1) is 6.92 Å². The highest BCUT2D eigenvalue weighted by molar-refractivity contribution is 5.88. The Morgan fingerprint density at radius 2 is 2.08 bits per heavy atom. The molecule has 0 spiro atoms. The van der Waals surface area contributed by atoms with Crippen molar-refractivity contribution in [2.24, 2.45) is 0 Å². The quantitative estimate of drug-likeness (QED) is 0.471. The molecule has 1 fully saturated rings. The molecule has 0 amide bonds. The molecular formula is C18H28N4O4. The van der Waals surface area contributed by atoms with Crippen LogP contribution in [0.5, 0.6) is 0 Å². The van der Waals surface area contributed by atoms with Crippen molar-refractivity contribution in [1.29, 1.82) is 0 Å². The minimum absolute atomic E-state index is 0.0494. The first-order valence-electron chi connectivity index (χ1n) is 9.01. The van der Waals surface area contributed by atoms with E-state index >= 15 is 0 Å². The summed E-state index contributed by atoms with van der Waals surface area (Å²) in [5, 5.41) is 12.3. The van der Waals surface area contributed by atoms with Gasteiger partial charge in [0.25, 0.3) is 0 Å². The topological polar surface area (TPSA) is 120 Å². The second-order valence-corrected chi connectivity index (χ2v) is 6.23. The van der Waals surface area contributed by atoms with Crippen molar-refractivity contribution in [3.63, 3.8) is 0 Å². The number of aliphatic hydroxyl groups excluding tert-OH is 1. The van der Waals surface area contributed by atoms with Crippen LogP contribution in [0.3, 0.4) is 0 Å². The fourth-order valence-electron chi connectivity index (χ4n) is 3.04. The van der Waals surface area contributed by atoms with Crippen LogP contribution in [0.15, 0.2) is 6.08 Å². The zero-order valence-electron chi connectivity index (χ0n) is 15.4. The molecule has 26 heavy (non-hydrogen) atoms. The van der Waals surface area contributed by atoms with Gasteiger partial charge < -0.3 is 25.6 Å². The molecule has 0 aliphatic heterocycles. The Hall–Kier alpha value is -2.19. The molecule has 1 aliphatic carbocycles. The van der Waals surface area contributed by atoms with Crippen LogP contribution in [-0.2, 0) is 14.3 Å². The summed E-state index contributed by atoms with van der Waals surface area (Å²) < 4.78 is 10.5. The Morgan fingerprint density at radius 1 is 1.35 bits per heavy atom. The first kappa shape index (κ1) is 20.1. The maximum atomic E-state index is 11.6. The molecule has 0 aromatic carbocycles. The number of aromatic nitrogens is 2. The van der Waals surface area contributed by atoms with Crippen molar-refractivity contribution >= 4 is 23.8 Å². The molecule has 2 rings (SSSR count). The van der Waals surface area contributed by atoms with Gasteiger partial charge in [0, 0.05) is 17.7 Å². The molecule has 8 nitrogen and oxygen atoms in total. The third-order valence-corrected chi connectivity index (χ3v) is 4.29. The predicted molar refractivity (Wildman–Crippen MR) is 99.6 cm³/mol. The van der Waals surface area contributed by atoms with E-state index in [9.17, 15) is 4.79 Å². The van der Waals surface area contributed by atoms with Gasteiger partial charge in [-0.05, 0) is 45.6 Å². The average Bonchev–Trinajstić information content (AvgIpc) is 2.60. The van der Waals surface area contributed by atoms with Crippen LogP contribution in [0.25, 0.3) is 6.08 Å². The smallest absolute Gasteiger partial charge is 0.330 e. The highest BCUT2D eigenvalue weighted by Gasteiger charge is 2.23. The fourth-order valence-corrected chi connectivity index (χ4v) is 3.04. The normalized spacial score (nSPS) is 20.3. The summed E-state index contributed by atoms with van der Waals surface area (Å²) in [4.78, 5) is 20.1. The van der Waals surface area contributed by atoms with Gasteiger partial charge in [-0.25, -0.2) is 9.78 Å². The Balaban J connectivity index is 2.05. The van der Waals surface area contributed by atoms with Gasteiger partial charge in [-0.3, -0.25) is 0 Å². The Kier molecular flexibility index (Phi) is 7.80. The lowest BCUT2D eigenvalue weighted by atomic mass is 9.93. The molecule has 0 radical (unpaired) electrons. The maximum Gasteiger partial charge on any atom is 0.330 e. The predicted octanol–water partition coefficient (Wildman–Crippen LogP) is 1.68. The minimum Gasteiger partial charge on any atom is -0.463 e. The fraction of sp³-hybridized carbons (Fsp3) is 0.611. The number of carbonyl (C=O) groups is 1. The van der Waals surface area contributed by atoms with Gasteiger partial charge in [0.2, 0.25) is 5.95 Å². The molecule has 1 aromatic heterocycles. The number of esters is 1. The van der Waals surface area contributed by atoms with Crippen LogP contribution in [0.2, 0.25) is 0 Å². The number of rotatable bonds is 8. The number of nitrogens with zero attached hydrogens (tertiary/aromatic N) is 2. The van der Waals surface area contributed by atoms with Gasteiger partial charge in [-0.15, -0.1) is 0 Å². The minimum atomic E-state index is -0.406. The van der Waals surface area contributed by atoms with Gasteiger partial charge in [-0.1, -0.05) is 0 Å². The molecule has 0 bridgehead atoms. The van der Waals surface area contributed by atoms with Crippen LogP contribution in [0.4, 0.5) is 11.8 Å². The van der Waals surface area contributed by atoms with Crippen molar-refractivity contribution < 1.29 is 19.4 Å². The van der Waals surface area contributed by atoms with Crippen LogP contribution in [0.1, 0.15) is 43.9 Å². The molecule has 1 saturated carbocycles. The number of aryl methyl sites for hydroxylation is 1. The summed E-state index contributed by atoms with van der Waals surface area (Å²) in [5.41, 5.74) is 7.22. The maximum absolute atomic E-state index is 11.6. The van der Waals surface area contributed by atoms with E-state index in [0.717, 1.165) is 31.2 Å². The van der Waals surface area contributed by atoms with E-state index in [0.29, 0.717) is 24.7 Å². The molecular weight excluding hydrogens is 336 g/mol. The number of hydrogen-bond acceptors (Lipinski definition) is 8. The van der Waals surface area contributed by atoms with Gasteiger partial charge in [0.15, 0.2) is 0 Å². The largest absolute Gasteiger partial charge is 0.463 e. The summed E-state index contributed by atoms with van der Waals surface area (Å²) >= 11 is 0. The standard InChI is InChI=1S/C18H28N4O4/c1-3-25-16(24)9-8-15-12(2)20-18(19)22-17(15)21-13-4-6-14(7-5-13)26-11-10-23/h8-9,13-14,23H,3-7,10-11H2,1-2H3,(H3,19,20,21,22)/b9-8+/t13-,14-. The third kappa shape index (κ3) is 5.96. The molecule has 144 valence electrons. The third-order valence-electron chi connectivity index (χ3n) is 4.29. The first-order chi connectivity index (χ1) is 12.5. The number of aliphatic hydroxyl groups is 1. The number of nitrogens with one attached hydrogen (secondary N) is 1. The molecule has 0 atom stereocenters. The zero-order chi connectivity index (χ0) is 18.9. The van der Waals surface area contributed by atoms with E-state index in [2.05, 4.69) is 15.3 Å². The monoisotopic (exact) mass is 364 g/mol. The molecule has 0 unspecified atom stereocenters. The lowest BCUT2D eigenvalue weighted by molar-refractivity contribution is -0.137. The van der Waals surface area contributed by atoms with Gasteiger partial charge >= 0.3 is 5.97 Å². The number of nitrogens with two attached hydrogens (primary N) is 1. The van der Waals surface area contributed by atoms with E-state index in [-0.39, 0.29) is 24.7 Å². The highest BCUT2D eigenvalue weighted by Crippen LogP contribution is 2.26. The molecule has 8 heteroatoms. The number of ether oxygens (including phenoxy) is 2. The summed E-state index contributed by atoms with van der Waals surface area (Å²) in [6.07, 6.45) is 6.93. The van der Waals surface area contributed by atoms with Crippen molar-refractivity contribution in [2.75, 3.05) is 30.9 Å². The second-order valence-electron chi connectivity index (χ2n) is 6.23. The van der Waals surface area contributed by atoms with Crippen molar-refractivity contribution in [1.82, 2.24) is 9.97 Å². The molecule has 1 heterocycles. The number of hydrogen-bond donors (Lipinski definition) is 3. The summed E-state index contributed by atoms with van der Waals surface area (Å²) in [7, 11) is 0. The lowest BCUT2D eigenvalue weighted by Crippen LogP contribution is -2.31. The molecule has 0 saturated heterocycles.